The summed E-state index contributed by atoms with van der Waals surface area (Å²) in [6, 6.07) is 4.47. The Morgan fingerprint density at radius 3 is 2.86 bits per heavy atom. The first-order valence-electron chi connectivity index (χ1n) is 6.94. The zero-order valence-corrected chi connectivity index (χ0v) is 11.9. The summed E-state index contributed by atoms with van der Waals surface area (Å²) in [6.07, 6.45) is -3.58. The molecule has 0 spiro atoms. The molecule has 8 heteroatoms. The van der Waals surface area contributed by atoms with Gasteiger partial charge in [-0.3, -0.25) is 0 Å². The Hall–Kier alpha value is -1.96. The molecule has 0 saturated carbocycles. The Labute approximate surface area is 126 Å². The topological polar surface area (TPSA) is 67.6 Å². The predicted octanol–water partition coefficient (Wildman–Crippen LogP) is 1.83. The van der Waals surface area contributed by atoms with Crippen molar-refractivity contribution in [1.29, 1.82) is 0 Å². The zero-order valence-electron chi connectivity index (χ0n) is 11.9. The quantitative estimate of drug-likeness (QED) is 0.814. The molecule has 1 saturated heterocycles. The van der Waals surface area contributed by atoms with Crippen molar-refractivity contribution in [3.05, 3.63) is 29.8 Å². The van der Waals surface area contributed by atoms with Gasteiger partial charge in [0.05, 0.1) is 5.56 Å². The van der Waals surface area contributed by atoms with E-state index in [1.807, 2.05) is 0 Å². The molecule has 2 rings (SSSR count). The fraction of sp³-hybridized carbons (Fsp3) is 0.500. The largest absolute Gasteiger partial charge is 0.492 e. The van der Waals surface area contributed by atoms with E-state index in [9.17, 15) is 18.0 Å². The van der Waals surface area contributed by atoms with E-state index in [4.69, 9.17) is 10.5 Å². The van der Waals surface area contributed by atoms with Gasteiger partial charge in [0.15, 0.2) is 0 Å². The number of benzene rings is 1. The van der Waals surface area contributed by atoms with E-state index in [2.05, 4.69) is 5.32 Å². The zero-order chi connectivity index (χ0) is 16.2. The molecule has 0 bridgehead atoms. The van der Waals surface area contributed by atoms with Gasteiger partial charge in [0, 0.05) is 25.7 Å². The van der Waals surface area contributed by atoms with Crippen LogP contribution in [0.2, 0.25) is 0 Å². The van der Waals surface area contributed by atoms with Gasteiger partial charge in [0.25, 0.3) is 0 Å². The van der Waals surface area contributed by atoms with E-state index in [1.54, 1.807) is 4.90 Å². The highest BCUT2D eigenvalue weighted by atomic mass is 19.4. The summed E-state index contributed by atoms with van der Waals surface area (Å²) in [5.41, 5.74) is 4.45. The number of nitrogens with one attached hydrogen (secondary N) is 1. The van der Waals surface area contributed by atoms with Crippen molar-refractivity contribution in [2.45, 2.75) is 18.6 Å². The lowest BCUT2D eigenvalue weighted by Gasteiger charge is -2.15. The Balaban J connectivity index is 1.72. The number of hydrogen-bond acceptors (Lipinski definition) is 3. The van der Waals surface area contributed by atoms with Gasteiger partial charge in [-0.15, -0.1) is 0 Å². The van der Waals surface area contributed by atoms with Gasteiger partial charge in [-0.25, -0.2) is 4.79 Å². The maximum Gasteiger partial charge on any atom is 0.416 e. The second-order valence-corrected chi connectivity index (χ2v) is 5.10. The Kier molecular flexibility index (Phi) is 5.12. The van der Waals surface area contributed by atoms with Crippen LogP contribution in [0, 0.1) is 0 Å². The van der Waals surface area contributed by atoms with E-state index in [0.717, 1.165) is 18.6 Å². The third-order valence-corrected chi connectivity index (χ3v) is 3.47. The third kappa shape index (κ3) is 4.52. The molecule has 0 aliphatic carbocycles. The molecule has 5 nitrogen and oxygen atoms in total. The van der Waals surface area contributed by atoms with Crippen molar-refractivity contribution < 1.29 is 22.7 Å². The van der Waals surface area contributed by atoms with Crippen molar-refractivity contribution in [3.63, 3.8) is 0 Å². The molecule has 0 aromatic heterocycles. The number of nitrogens with zero attached hydrogens (tertiary/aromatic N) is 1. The lowest BCUT2D eigenvalue weighted by Crippen LogP contribution is -2.38. The smallest absolute Gasteiger partial charge is 0.416 e. The lowest BCUT2D eigenvalue weighted by atomic mass is 10.2. The predicted molar refractivity (Wildman–Crippen MR) is 74.5 cm³/mol. The Bertz CT molecular complexity index is 522. The van der Waals surface area contributed by atoms with Crippen molar-refractivity contribution >= 4 is 6.03 Å². The van der Waals surface area contributed by atoms with Crippen LogP contribution in [-0.2, 0) is 6.18 Å². The number of carbonyl (C=O) groups is 1. The van der Waals surface area contributed by atoms with Crippen molar-refractivity contribution in [2.75, 3.05) is 26.2 Å². The number of ether oxygens (including phenoxy) is 1. The van der Waals surface area contributed by atoms with Gasteiger partial charge < -0.3 is 20.7 Å². The van der Waals surface area contributed by atoms with Gasteiger partial charge in [0.1, 0.15) is 12.4 Å². The van der Waals surface area contributed by atoms with Crippen LogP contribution < -0.4 is 15.8 Å². The molecule has 1 atom stereocenters. The molecule has 0 radical (unpaired) electrons. The van der Waals surface area contributed by atoms with Gasteiger partial charge in [-0.2, -0.15) is 13.2 Å². The number of likely N-dealkylation sites (tertiary alicyclic amines) is 1. The molecule has 2 amide bonds. The third-order valence-electron chi connectivity index (χ3n) is 3.47. The fourth-order valence-electron chi connectivity index (χ4n) is 2.32. The number of halogens is 3. The Morgan fingerprint density at radius 1 is 1.45 bits per heavy atom. The molecule has 1 aliphatic heterocycles. The molecular formula is C14H18F3N3O2. The fourth-order valence-corrected chi connectivity index (χ4v) is 2.32. The van der Waals surface area contributed by atoms with E-state index < -0.39 is 17.8 Å². The number of primary amides is 1. The standard InChI is InChI=1S/C14H18F3N3O2/c15-14(16,17)10-2-1-3-12(8-10)22-7-5-19-11-4-6-20(9-11)13(18)21/h1-3,8,11,19H,4-7,9H2,(H2,18,21). The van der Waals surface area contributed by atoms with Crippen LogP contribution in [-0.4, -0.2) is 43.2 Å². The first-order valence-corrected chi connectivity index (χ1v) is 6.94. The maximum atomic E-state index is 12.6. The summed E-state index contributed by atoms with van der Waals surface area (Å²) < 4.78 is 43.0. The van der Waals surface area contributed by atoms with E-state index in [-0.39, 0.29) is 18.4 Å². The molecule has 1 fully saturated rings. The summed E-state index contributed by atoms with van der Waals surface area (Å²) in [6.45, 7) is 1.88. The summed E-state index contributed by atoms with van der Waals surface area (Å²) in [5, 5.41) is 3.18. The molecule has 1 heterocycles. The average molecular weight is 317 g/mol. The van der Waals surface area contributed by atoms with Crippen molar-refractivity contribution in [3.8, 4) is 5.75 Å². The second-order valence-electron chi connectivity index (χ2n) is 5.10. The minimum absolute atomic E-state index is 0.137. The van der Waals surface area contributed by atoms with Crippen LogP contribution in [0.1, 0.15) is 12.0 Å². The van der Waals surface area contributed by atoms with Crippen LogP contribution in [0.25, 0.3) is 0 Å². The van der Waals surface area contributed by atoms with Crippen LogP contribution in [0.15, 0.2) is 24.3 Å². The minimum Gasteiger partial charge on any atom is -0.492 e. The number of hydrogen-bond donors (Lipinski definition) is 2. The average Bonchev–Trinajstić information content (AvgIpc) is 2.92. The van der Waals surface area contributed by atoms with Gasteiger partial charge in [0.2, 0.25) is 0 Å². The molecule has 3 N–H and O–H groups in total. The van der Waals surface area contributed by atoms with E-state index >= 15 is 0 Å². The van der Waals surface area contributed by atoms with Crippen molar-refractivity contribution in [2.24, 2.45) is 5.73 Å². The van der Waals surface area contributed by atoms with Gasteiger partial charge in [-0.05, 0) is 24.6 Å². The van der Waals surface area contributed by atoms with Crippen LogP contribution in [0.5, 0.6) is 5.75 Å². The first-order chi connectivity index (χ1) is 10.4. The molecule has 22 heavy (non-hydrogen) atoms. The number of alkyl halides is 3. The number of amides is 2. The Morgan fingerprint density at radius 2 is 2.23 bits per heavy atom. The van der Waals surface area contributed by atoms with Gasteiger partial charge >= 0.3 is 12.2 Å². The molecule has 1 aliphatic rings. The van der Waals surface area contributed by atoms with Crippen molar-refractivity contribution in [1.82, 2.24) is 10.2 Å². The van der Waals surface area contributed by atoms with Crippen LogP contribution in [0.3, 0.4) is 0 Å². The number of nitrogens with two attached hydrogens (primary N) is 1. The van der Waals surface area contributed by atoms with Crippen LogP contribution in [0.4, 0.5) is 18.0 Å². The van der Waals surface area contributed by atoms with Gasteiger partial charge in [-0.1, -0.05) is 6.07 Å². The second kappa shape index (κ2) is 6.87. The number of carbonyl (C=O) groups excluding carboxylic acids is 1. The SMILES string of the molecule is NC(=O)N1CCC(NCCOc2cccc(C(F)(F)F)c2)C1. The van der Waals surface area contributed by atoms with E-state index in [0.29, 0.717) is 19.6 Å². The first kappa shape index (κ1) is 16.4. The summed E-state index contributed by atoms with van der Waals surface area (Å²) in [5.74, 6) is 0.182. The highest BCUT2D eigenvalue weighted by Gasteiger charge is 2.30. The summed E-state index contributed by atoms with van der Waals surface area (Å²) >= 11 is 0. The van der Waals surface area contributed by atoms with E-state index in [1.165, 1.54) is 12.1 Å². The monoisotopic (exact) mass is 317 g/mol. The summed E-state index contributed by atoms with van der Waals surface area (Å²) in [4.78, 5) is 12.5. The summed E-state index contributed by atoms with van der Waals surface area (Å²) in [7, 11) is 0. The molecule has 1 aromatic carbocycles. The molecular weight excluding hydrogens is 299 g/mol. The molecule has 1 unspecified atom stereocenters. The highest BCUT2D eigenvalue weighted by Crippen LogP contribution is 2.31. The number of rotatable bonds is 5. The minimum atomic E-state index is -4.38. The molecule has 1 aromatic rings. The maximum absolute atomic E-state index is 12.6. The van der Waals surface area contributed by atoms with Crippen LogP contribution >= 0.6 is 0 Å². The highest BCUT2D eigenvalue weighted by molar-refractivity contribution is 5.72. The normalized spacial score (nSPS) is 18.5. The lowest BCUT2D eigenvalue weighted by molar-refractivity contribution is -0.137. The molecule has 122 valence electrons. The number of urea groups is 1.